The zero-order valence-electron chi connectivity index (χ0n) is 11.6. The molecule has 0 amide bonds. The quantitative estimate of drug-likeness (QED) is 0.627. The Balaban J connectivity index is 1.97. The van der Waals surface area contributed by atoms with Crippen LogP contribution in [0.5, 0.6) is 0 Å². The van der Waals surface area contributed by atoms with Gasteiger partial charge in [0.1, 0.15) is 0 Å². The van der Waals surface area contributed by atoms with Crippen molar-refractivity contribution in [1.29, 1.82) is 0 Å². The van der Waals surface area contributed by atoms with Crippen molar-refractivity contribution in [3.05, 3.63) is 39.9 Å². The fourth-order valence-corrected chi connectivity index (χ4v) is 3.77. The number of nitrogens with zero attached hydrogens (tertiary/aromatic N) is 1. The molecule has 0 aliphatic carbocycles. The Morgan fingerprint density at radius 1 is 1.29 bits per heavy atom. The highest BCUT2D eigenvalue weighted by molar-refractivity contribution is 7.88. The monoisotopic (exact) mass is 313 g/mol. The topological polar surface area (TPSA) is 101 Å². The second-order valence-corrected chi connectivity index (χ2v) is 6.95. The summed E-state index contributed by atoms with van der Waals surface area (Å²) in [5, 5.41) is 13.8. The number of nitro groups is 1. The third kappa shape index (κ3) is 5.07. The van der Waals surface area contributed by atoms with Gasteiger partial charge >= 0.3 is 0 Å². The minimum Gasteiger partial charge on any atom is -0.315 e. The summed E-state index contributed by atoms with van der Waals surface area (Å²) in [6, 6.07) is 5.50. The predicted molar refractivity (Wildman–Crippen MR) is 79.4 cm³/mol. The van der Waals surface area contributed by atoms with Gasteiger partial charge in [-0.1, -0.05) is 18.6 Å². The average Bonchev–Trinajstić information content (AvgIpc) is 2.66. The summed E-state index contributed by atoms with van der Waals surface area (Å²) >= 11 is 0. The van der Waals surface area contributed by atoms with Gasteiger partial charge < -0.3 is 5.32 Å². The highest BCUT2D eigenvalue weighted by atomic mass is 32.2. The molecule has 0 spiro atoms. The summed E-state index contributed by atoms with van der Waals surface area (Å²) in [6.07, 6.45) is 2.88. The summed E-state index contributed by atoms with van der Waals surface area (Å²) in [4.78, 5) is 10.1. The van der Waals surface area contributed by atoms with Gasteiger partial charge in [-0.3, -0.25) is 10.1 Å². The van der Waals surface area contributed by atoms with Crippen LogP contribution in [0.1, 0.15) is 24.8 Å². The molecule has 0 saturated carbocycles. The Labute approximate surface area is 123 Å². The molecule has 1 aromatic rings. The third-order valence-electron chi connectivity index (χ3n) is 3.40. The molecule has 1 fully saturated rings. The van der Waals surface area contributed by atoms with Gasteiger partial charge in [0.15, 0.2) is 0 Å². The van der Waals surface area contributed by atoms with E-state index in [1.165, 1.54) is 24.3 Å². The van der Waals surface area contributed by atoms with Gasteiger partial charge in [-0.05, 0) is 24.9 Å². The Morgan fingerprint density at radius 3 is 2.67 bits per heavy atom. The van der Waals surface area contributed by atoms with Crippen molar-refractivity contribution in [2.45, 2.75) is 31.1 Å². The van der Waals surface area contributed by atoms with Gasteiger partial charge in [0, 0.05) is 24.7 Å². The Bertz CT molecular complexity index is 578. The van der Waals surface area contributed by atoms with Crippen LogP contribution >= 0.6 is 0 Å². The van der Waals surface area contributed by atoms with Crippen LogP contribution in [0.3, 0.4) is 0 Å². The van der Waals surface area contributed by atoms with E-state index >= 15 is 0 Å². The maximum atomic E-state index is 12.1. The zero-order valence-corrected chi connectivity index (χ0v) is 12.4. The normalized spacial score (nSPS) is 19.9. The smallest absolute Gasteiger partial charge is 0.269 e. The molecule has 8 heteroatoms. The zero-order chi connectivity index (χ0) is 15.3. The first kappa shape index (κ1) is 15.9. The van der Waals surface area contributed by atoms with Crippen molar-refractivity contribution in [3.63, 3.8) is 0 Å². The largest absolute Gasteiger partial charge is 0.315 e. The van der Waals surface area contributed by atoms with Crippen molar-refractivity contribution >= 4 is 15.7 Å². The molecule has 1 unspecified atom stereocenters. The van der Waals surface area contributed by atoms with Crippen molar-refractivity contribution < 1.29 is 13.3 Å². The Morgan fingerprint density at radius 2 is 2.00 bits per heavy atom. The van der Waals surface area contributed by atoms with E-state index in [-0.39, 0.29) is 17.5 Å². The molecule has 1 atom stereocenters. The molecule has 1 aliphatic rings. The fraction of sp³-hybridized carbons (Fsp3) is 0.538. The first-order chi connectivity index (χ1) is 9.96. The molecule has 2 rings (SSSR count). The molecule has 1 aliphatic heterocycles. The number of non-ortho nitro benzene ring substituents is 1. The number of hydrogen-bond donors (Lipinski definition) is 2. The van der Waals surface area contributed by atoms with E-state index in [2.05, 4.69) is 10.0 Å². The van der Waals surface area contributed by atoms with Crippen molar-refractivity contribution in [2.24, 2.45) is 0 Å². The lowest BCUT2D eigenvalue weighted by Gasteiger charge is -2.16. The highest BCUT2D eigenvalue weighted by Gasteiger charge is 2.19. The lowest BCUT2D eigenvalue weighted by molar-refractivity contribution is -0.384. The summed E-state index contributed by atoms with van der Waals surface area (Å²) < 4.78 is 26.9. The van der Waals surface area contributed by atoms with Crippen LogP contribution in [0, 0.1) is 10.1 Å². The molecule has 1 saturated heterocycles. The van der Waals surface area contributed by atoms with Crippen LogP contribution in [0.25, 0.3) is 0 Å². The van der Waals surface area contributed by atoms with E-state index in [9.17, 15) is 18.5 Å². The molecular formula is C13H19N3O4S. The first-order valence-corrected chi connectivity index (χ1v) is 8.55. The van der Waals surface area contributed by atoms with Gasteiger partial charge in [0.2, 0.25) is 10.0 Å². The number of nitro benzene ring substituents is 1. The fourth-order valence-electron chi connectivity index (χ4n) is 2.35. The van der Waals surface area contributed by atoms with E-state index < -0.39 is 14.9 Å². The first-order valence-electron chi connectivity index (χ1n) is 6.90. The maximum Gasteiger partial charge on any atom is 0.269 e. The van der Waals surface area contributed by atoms with E-state index in [4.69, 9.17) is 0 Å². The lowest BCUT2D eigenvalue weighted by atomic mass is 10.2. The maximum absolute atomic E-state index is 12.1. The molecule has 7 nitrogen and oxygen atoms in total. The number of benzene rings is 1. The second kappa shape index (κ2) is 6.97. The molecule has 0 radical (unpaired) electrons. The van der Waals surface area contributed by atoms with Crippen LogP contribution in [-0.2, 0) is 15.8 Å². The van der Waals surface area contributed by atoms with E-state index in [0.717, 1.165) is 25.8 Å². The second-order valence-electron chi connectivity index (χ2n) is 5.20. The number of hydrogen-bond acceptors (Lipinski definition) is 5. The Kier molecular flexibility index (Phi) is 5.27. The van der Waals surface area contributed by atoms with Crippen LogP contribution in [0.4, 0.5) is 5.69 Å². The van der Waals surface area contributed by atoms with Gasteiger partial charge in [-0.25, -0.2) is 13.1 Å². The molecule has 1 heterocycles. The minimum absolute atomic E-state index is 0.0444. The number of sulfonamides is 1. The average molecular weight is 313 g/mol. The summed E-state index contributed by atoms with van der Waals surface area (Å²) in [5.74, 6) is -0.165. The number of nitrogens with one attached hydrogen (secondary N) is 2. The molecular weight excluding hydrogens is 294 g/mol. The Hall–Kier alpha value is -1.51. The standard InChI is InChI=1S/C13H19N3O4S/c17-16(18)13-6-4-11(5-7-13)10-21(19,20)15-12-3-1-2-8-14-9-12/h4-7,12,14-15H,1-3,8-10H2. The van der Waals surface area contributed by atoms with Crippen molar-refractivity contribution in [2.75, 3.05) is 13.1 Å². The van der Waals surface area contributed by atoms with E-state index in [1.807, 2.05) is 0 Å². The summed E-state index contributed by atoms with van der Waals surface area (Å²) in [6.45, 7) is 1.56. The van der Waals surface area contributed by atoms with Gasteiger partial charge in [0.25, 0.3) is 5.69 Å². The van der Waals surface area contributed by atoms with Crippen LogP contribution < -0.4 is 10.0 Å². The molecule has 116 valence electrons. The van der Waals surface area contributed by atoms with E-state index in [1.54, 1.807) is 0 Å². The van der Waals surface area contributed by atoms with Crippen molar-refractivity contribution in [3.8, 4) is 0 Å². The number of rotatable bonds is 5. The molecule has 2 N–H and O–H groups in total. The SMILES string of the molecule is O=[N+]([O-])c1ccc(CS(=O)(=O)NC2CCCCNC2)cc1. The third-order valence-corrected chi connectivity index (χ3v) is 4.80. The van der Waals surface area contributed by atoms with Gasteiger partial charge in [-0.15, -0.1) is 0 Å². The van der Waals surface area contributed by atoms with Crippen LogP contribution in [0.15, 0.2) is 24.3 Å². The van der Waals surface area contributed by atoms with Gasteiger partial charge in [0.05, 0.1) is 10.7 Å². The van der Waals surface area contributed by atoms with Crippen LogP contribution in [-0.4, -0.2) is 32.5 Å². The van der Waals surface area contributed by atoms with Crippen molar-refractivity contribution in [1.82, 2.24) is 10.0 Å². The minimum atomic E-state index is -3.44. The predicted octanol–water partition coefficient (Wildman–Crippen LogP) is 1.16. The summed E-state index contributed by atoms with van der Waals surface area (Å²) in [7, 11) is -3.44. The highest BCUT2D eigenvalue weighted by Crippen LogP contribution is 2.14. The molecule has 0 aromatic heterocycles. The van der Waals surface area contributed by atoms with E-state index in [0.29, 0.717) is 12.1 Å². The molecule has 21 heavy (non-hydrogen) atoms. The lowest BCUT2D eigenvalue weighted by Crippen LogP contribution is -2.41. The molecule has 1 aromatic carbocycles. The van der Waals surface area contributed by atoms with Gasteiger partial charge in [-0.2, -0.15) is 0 Å². The molecule has 0 bridgehead atoms. The summed E-state index contributed by atoms with van der Waals surface area (Å²) in [5.41, 5.74) is 0.492. The van der Waals surface area contributed by atoms with Crippen LogP contribution in [0.2, 0.25) is 0 Å².